The van der Waals surface area contributed by atoms with E-state index in [1.807, 2.05) is 48.5 Å². The number of nitrogens with zero attached hydrogens (tertiary/aromatic N) is 2. The van der Waals surface area contributed by atoms with Gasteiger partial charge in [-0.2, -0.15) is 0 Å². The Hall–Kier alpha value is -2.62. The summed E-state index contributed by atoms with van der Waals surface area (Å²) in [5.74, 6) is 1.57. The zero-order chi connectivity index (χ0) is 24.2. The van der Waals surface area contributed by atoms with Crippen LogP contribution in [0.25, 0.3) is 0 Å². The van der Waals surface area contributed by atoms with E-state index in [9.17, 15) is 5.11 Å². The van der Waals surface area contributed by atoms with Gasteiger partial charge in [-0.05, 0) is 41.5 Å². The molecule has 3 aromatic rings. The first kappa shape index (κ1) is 26.0. The van der Waals surface area contributed by atoms with Gasteiger partial charge in [-0.3, -0.25) is 9.80 Å². The lowest BCUT2D eigenvalue weighted by Gasteiger charge is -2.48. The zero-order valence-electron chi connectivity index (χ0n) is 21.2. The van der Waals surface area contributed by atoms with Crippen molar-refractivity contribution in [2.45, 2.75) is 52.1 Å². The standard InChI is InChI=1S/C22H28N2O.C6H6.C3H8/c1-17-14-24-11-10-23(15-18-6-3-2-4-7-18)16-20(24)13-22(17)19-8-5-9-21(25)12-19;1-2-4-6-5-3-1;1-3-2/h2-9,12,17,20,22,25H,10-11,13-16H2,1H3;1-6H;3H2,1-2H3. The molecule has 2 fully saturated rings. The number of aromatic hydroxyl groups is 1. The monoisotopic (exact) mass is 458 g/mol. The van der Waals surface area contributed by atoms with Crippen molar-refractivity contribution in [3.63, 3.8) is 0 Å². The van der Waals surface area contributed by atoms with Gasteiger partial charge in [0.2, 0.25) is 0 Å². The van der Waals surface area contributed by atoms with E-state index in [-0.39, 0.29) is 0 Å². The molecule has 2 heterocycles. The van der Waals surface area contributed by atoms with Crippen molar-refractivity contribution in [3.05, 3.63) is 102 Å². The normalized spacial score (nSPS) is 22.4. The molecule has 0 radical (unpaired) electrons. The summed E-state index contributed by atoms with van der Waals surface area (Å²) in [6.07, 6.45) is 2.44. The summed E-state index contributed by atoms with van der Waals surface area (Å²) in [6.45, 7) is 12.3. The predicted molar refractivity (Wildman–Crippen MR) is 144 cm³/mol. The minimum absolute atomic E-state index is 0.390. The summed E-state index contributed by atoms with van der Waals surface area (Å²) in [7, 11) is 0. The quantitative estimate of drug-likeness (QED) is 0.467. The average Bonchev–Trinajstić information content (AvgIpc) is 2.86. The minimum Gasteiger partial charge on any atom is -0.508 e. The van der Waals surface area contributed by atoms with Crippen molar-refractivity contribution in [2.75, 3.05) is 26.2 Å². The minimum atomic E-state index is 0.390. The highest BCUT2D eigenvalue weighted by Gasteiger charge is 2.37. The second-order valence-electron chi connectivity index (χ2n) is 9.65. The molecule has 3 nitrogen and oxygen atoms in total. The number of hydrogen-bond acceptors (Lipinski definition) is 3. The van der Waals surface area contributed by atoms with E-state index >= 15 is 0 Å². The third kappa shape index (κ3) is 8.00. The molecule has 0 aromatic heterocycles. The third-order valence-electron chi connectivity index (χ3n) is 6.64. The molecule has 0 spiro atoms. The SMILES string of the molecule is CC1CN2CCN(Cc3ccccc3)CC2CC1c1cccc(O)c1.CCC.c1ccccc1. The van der Waals surface area contributed by atoms with Crippen molar-refractivity contribution in [1.29, 1.82) is 0 Å². The highest BCUT2D eigenvalue weighted by atomic mass is 16.3. The second-order valence-corrected chi connectivity index (χ2v) is 9.65. The van der Waals surface area contributed by atoms with Crippen molar-refractivity contribution in [1.82, 2.24) is 9.80 Å². The molecule has 182 valence electrons. The van der Waals surface area contributed by atoms with Crippen LogP contribution in [0.4, 0.5) is 0 Å². The number of piperazine rings is 1. The molecule has 3 atom stereocenters. The Morgan fingerprint density at radius 1 is 0.794 bits per heavy atom. The van der Waals surface area contributed by atoms with Crippen LogP contribution >= 0.6 is 0 Å². The van der Waals surface area contributed by atoms with Gasteiger partial charge in [0, 0.05) is 38.8 Å². The fraction of sp³-hybridized carbons (Fsp3) is 0.419. The molecule has 2 aliphatic rings. The van der Waals surface area contributed by atoms with Crippen molar-refractivity contribution in [3.8, 4) is 5.75 Å². The fourth-order valence-corrected chi connectivity index (χ4v) is 5.03. The van der Waals surface area contributed by atoms with Crippen molar-refractivity contribution >= 4 is 0 Å². The molecule has 3 heteroatoms. The number of benzene rings is 3. The summed E-state index contributed by atoms with van der Waals surface area (Å²) in [5.41, 5.74) is 2.71. The van der Waals surface area contributed by atoms with Crippen LogP contribution in [0.5, 0.6) is 5.75 Å². The molecule has 5 rings (SSSR count). The van der Waals surface area contributed by atoms with Gasteiger partial charge in [-0.25, -0.2) is 0 Å². The summed E-state index contributed by atoms with van der Waals surface area (Å²) in [6, 6.07) is 31.3. The molecule has 2 aliphatic heterocycles. The van der Waals surface area contributed by atoms with Gasteiger partial charge in [-0.1, -0.05) is 106 Å². The van der Waals surface area contributed by atoms with E-state index in [1.165, 1.54) is 37.1 Å². The Bertz CT molecular complexity index is 904. The van der Waals surface area contributed by atoms with E-state index in [4.69, 9.17) is 0 Å². The van der Waals surface area contributed by atoms with Gasteiger partial charge in [0.05, 0.1) is 0 Å². The van der Waals surface area contributed by atoms with Gasteiger partial charge < -0.3 is 5.11 Å². The largest absolute Gasteiger partial charge is 0.508 e. The summed E-state index contributed by atoms with van der Waals surface area (Å²) >= 11 is 0. The van der Waals surface area contributed by atoms with Crippen molar-refractivity contribution in [2.24, 2.45) is 5.92 Å². The van der Waals surface area contributed by atoms with Gasteiger partial charge in [0.1, 0.15) is 5.75 Å². The maximum absolute atomic E-state index is 9.85. The van der Waals surface area contributed by atoms with Crippen LogP contribution < -0.4 is 0 Å². The predicted octanol–water partition coefficient (Wildman–Crippen LogP) is 6.80. The summed E-state index contributed by atoms with van der Waals surface area (Å²) < 4.78 is 0. The van der Waals surface area contributed by atoms with E-state index in [0.717, 1.165) is 19.6 Å². The lowest BCUT2D eigenvalue weighted by atomic mass is 9.77. The molecule has 0 saturated carbocycles. The Kier molecular flexibility index (Phi) is 10.7. The highest BCUT2D eigenvalue weighted by Crippen LogP contribution is 2.38. The van der Waals surface area contributed by atoms with Crippen LogP contribution in [0.1, 0.15) is 50.7 Å². The number of hydrogen-bond donors (Lipinski definition) is 1. The molecule has 3 aromatic carbocycles. The Morgan fingerprint density at radius 2 is 1.41 bits per heavy atom. The number of phenols is 1. The number of piperidine rings is 1. The van der Waals surface area contributed by atoms with Gasteiger partial charge in [0.25, 0.3) is 0 Å². The molecule has 0 aliphatic carbocycles. The molecule has 0 bridgehead atoms. The molecule has 0 amide bonds. The zero-order valence-corrected chi connectivity index (χ0v) is 21.2. The summed E-state index contributed by atoms with van der Waals surface area (Å²) in [5, 5.41) is 9.85. The van der Waals surface area contributed by atoms with Gasteiger partial charge >= 0.3 is 0 Å². The Morgan fingerprint density at radius 3 is 2.03 bits per heavy atom. The highest BCUT2D eigenvalue weighted by molar-refractivity contribution is 5.31. The maximum atomic E-state index is 9.85. The number of phenolic OH excluding ortho intramolecular Hbond substituents is 1. The van der Waals surface area contributed by atoms with Crippen LogP contribution in [0.2, 0.25) is 0 Å². The second kappa shape index (κ2) is 13.9. The van der Waals surface area contributed by atoms with E-state index in [1.54, 1.807) is 6.07 Å². The first-order valence-corrected chi connectivity index (χ1v) is 12.9. The first-order valence-electron chi connectivity index (χ1n) is 12.9. The lowest BCUT2D eigenvalue weighted by Crippen LogP contribution is -2.57. The van der Waals surface area contributed by atoms with Crippen LogP contribution in [0, 0.1) is 5.92 Å². The molecule has 2 saturated heterocycles. The molecular weight excluding hydrogens is 416 g/mol. The van der Waals surface area contributed by atoms with E-state index in [2.05, 4.69) is 67.0 Å². The van der Waals surface area contributed by atoms with E-state index < -0.39 is 0 Å². The van der Waals surface area contributed by atoms with Crippen LogP contribution in [-0.4, -0.2) is 47.1 Å². The number of rotatable bonds is 3. The molecule has 34 heavy (non-hydrogen) atoms. The molecular formula is C31H42N2O. The maximum Gasteiger partial charge on any atom is 0.115 e. The molecule has 3 unspecified atom stereocenters. The topological polar surface area (TPSA) is 26.7 Å². The van der Waals surface area contributed by atoms with Gasteiger partial charge in [-0.15, -0.1) is 0 Å². The smallest absolute Gasteiger partial charge is 0.115 e. The Labute approximate surface area is 207 Å². The van der Waals surface area contributed by atoms with Gasteiger partial charge in [0.15, 0.2) is 0 Å². The third-order valence-corrected chi connectivity index (χ3v) is 6.64. The number of fused-ring (bicyclic) bond motifs is 1. The van der Waals surface area contributed by atoms with Crippen molar-refractivity contribution < 1.29 is 5.11 Å². The summed E-state index contributed by atoms with van der Waals surface area (Å²) in [4.78, 5) is 5.29. The fourth-order valence-electron chi connectivity index (χ4n) is 5.03. The average molecular weight is 459 g/mol. The van der Waals surface area contributed by atoms with Crippen LogP contribution in [-0.2, 0) is 6.54 Å². The lowest BCUT2D eigenvalue weighted by molar-refractivity contribution is 0.0190. The van der Waals surface area contributed by atoms with Crippen LogP contribution in [0.3, 0.4) is 0 Å². The first-order chi connectivity index (χ1) is 16.6. The molecule has 1 N–H and O–H groups in total. The van der Waals surface area contributed by atoms with Crippen LogP contribution in [0.15, 0.2) is 91.0 Å². The Balaban J connectivity index is 0.000000305. The van der Waals surface area contributed by atoms with E-state index in [0.29, 0.717) is 23.6 Å².